The molecule has 25 heavy (non-hydrogen) atoms. The molecule has 1 aliphatic heterocycles. The first-order valence-electron chi connectivity index (χ1n) is 8.17. The van der Waals surface area contributed by atoms with E-state index in [1.807, 2.05) is 20.8 Å². The van der Waals surface area contributed by atoms with E-state index in [0.29, 0.717) is 0 Å². The van der Waals surface area contributed by atoms with Gasteiger partial charge in [0.25, 0.3) is 0 Å². The van der Waals surface area contributed by atoms with E-state index < -0.39 is 28.5 Å². The second kappa shape index (κ2) is 7.28. The van der Waals surface area contributed by atoms with Crippen LogP contribution in [0.2, 0.25) is 0 Å². The Bertz CT molecular complexity index is 596. The van der Waals surface area contributed by atoms with Crippen LogP contribution in [0.3, 0.4) is 0 Å². The zero-order chi connectivity index (χ0) is 19.6. The quantitative estimate of drug-likeness (QED) is 0.321. The van der Waals surface area contributed by atoms with Crippen molar-refractivity contribution in [1.29, 1.82) is 0 Å². The summed E-state index contributed by atoms with van der Waals surface area (Å²) in [7, 11) is 0. The number of likely N-dealkylation sites (tertiary alicyclic amines) is 1. The van der Waals surface area contributed by atoms with Gasteiger partial charge in [0.05, 0.1) is 18.4 Å². The molecule has 1 saturated heterocycles. The molecule has 0 N–H and O–H groups in total. The van der Waals surface area contributed by atoms with Crippen molar-refractivity contribution < 1.29 is 23.9 Å². The predicted octanol–water partition coefficient (Wildman–Crippen LogP) is 2.35. The number of hydrogen-bond acceptors (Lipinski definition) is 6. The van der Waals surface area contributed by atoms with Gasteiger partial charge in [-0.3, -0.25) is 9.69 Å². The average Bonchev–Trinajstić information content (AvgIpc) is 2.40. The van der Waals surface area contributed by atoms with Gasteiger partial charge in [-0.1, -0.05) is 26.7 Å². The number of amides is 1. The number of nitrogens with zero attached hydrogens (tertiary/aromatic N) is 1. The topological polar surface area (TPSA) is 72.9 Å². The normalized spacial score (nSPS) is 20.2. The van der Waals surface area contributed by atoms with Crippen LogP contribution in [-0.2, 0) is 23.9 Å². The number of ether oxygens (including phenoxy) is 2. The SMILES string of the molecule is C#CC(C(=O)OCC)(C(=O)OC(C)(C)C)N1C(=O)CC1SC(C)(C)C. The van der Waals surface area contributed by atoms with Crippen LogP contribution in [0.25, 0.3) is 0 Å². The Morgan fingerprint density at radius 1 is 1.24 bits per heavy atom. The van der Waals surface area contributed by atoms with Crippen molar-refractivity contribution in [2.75, 3.05) is 6.61 Å². The minimum Gasteiger partial charge on any atom is -0.463 e. The van der Waals surface area contributed by atoms with Gasteiger partial charge < -0.3 is 9.47 Å². The highest BCUT2D eigenvalue weighted by atomic mass is 32.2. The molecule has 6 nitrogen and oxygen atoms in total. The summed E-state index contributed by atoms with van der Waals surface area (Å²) in [6.45, 7) is 12.6. The lowest BCUT2D eigenvalue weighted by Gasteiger charge is -2.49. The van der Waals surface area contributed by atoms with Crippen LogP contribution >= 0.6 is 11.8 Å². The van der Waals surface area contributed by atoms with Crippen LogP contribution in [0, 0.1) is 12.3 Å². The highest BCUT2D eigenvalue weighted by molar-refractivity contribution is 8.01. The van der Waals surface area contributed by atoms with E-state index in [0.717, 1.165) is 4.90 Å². The van der Waals surface area contributed by atoms with Gasteiger partial charge in [0.15, 0.2) is 0 Å². The molecule has 0 spiro atoms. The van der Waals surface area contributed by atoms with Gasteiger partial charge in [0.2, 0.25) is 5.91 Å². The van der Waals surface area contributed by atoms with Crippen molar-refractivity contribution in [3.8, 4) is 12.3 Å². The molecular formula is C18H27NO5S. The van der Waals surface area contributed by atoms with Gasteiger partial charge in [-0.2, -0.15) is 0 Å². The van der Waals surface area contributed by atoms with Crippen molar-refractivity contribution in [3.05, 3.63) is 0 Å². The molecule has 1 rings (SSSR count). The summed E-state index contributed by atoms with van der Waals surface area (Å²) in [6.07, 6.45) is 5.80. The molecule has 2 atom stereocenters. The summed E-state index contributed by atoms with van der Waals surface area (Å²) in [4.78, 5) is 38.9. The second-order valence-corrected chi connectivity index (χ2v) is 9.73. The van der Waals surface area contributed by atoms with Crippen molar-refractivity contribution >= 4 is 29.6 Å². The third kappa shape index (κ3) is 4.69. The van der Waals surface area contributed by atoms with E-state index in [1.54, 1.807) is 27.7 Å². The molecule has 0 aromatic carbocycles. The van der Waals surface area contributed by atoms with Crippen molar-refractivity contribution in [3.63, 3.8) is 0 Å². The van der Waals surface area contributed by atoms with Crippen LogP contribution in [0.5, 0.6) is 0 Å². The lowest BCUT2D eigenvalue weighted by Crippen LogP contribution is -2.70. The van der Waals surface area contributed by atoms with E-state index in [2.05, 4.69) is 5.92 Å². The van der Waals surface area contributed by atoms with Gasteiger partial charge in [-0.25, -0.2) is 9.59 Å². The Kier molecular flexibility index (Phi) is 6.22. The fraction of sp³-hybridized carbons (Fsp3) is 0.722. The van der Waals surface area contributed by atoms with E-state index in [-0.39, 0.29) is 23.7 Å². The van der Waals surface area contributed by atoms with Gasteiger partial charge >= 0.3 is 17.5 Å². The smallest absolute Gasteiger partial charge is 0.357 e. The molecule has 1 heterocycles. The fourth-order valence-corrected chi connectivity index (χ4v) is 3.77. The third-order valence-electron chi connectivity index (χ3n) is 3.23. The molecular weight excluding hydrogens is 342 g/mol. The molecule has 1 fully saturated rings. The fourth-order valence-electron chi connectivity index (χ4n) is 2.35. The number of β-lactam (4-membered cyclic amide) rings is 1. The first kappa shape index (κ1) is 21.4. The summed E-state index contributed by atoms with van der Waals surface area (Å²) in [5.74, 6) is -0.0863. The second-order valence-electron chi connectivity index (χ2n) is 7.73. The van der Waals surface area contributed by atoms with Crippen LogP contribution in [0.1, 0.15) is 54.9 Å². The van der Waals surface area contributed by atoms with Gasteiger partial charge in [-0.05, 0) is 27.7 Å². The molecule has 2 unspecified atom stereocenters. The van der Waals surface area contributed by atoms with Gasteiger partial charge in [-0.15, -0.1) is 18.2 Å². The number of carbonyl (C=O) groups excluding carboxylic acids is 3. The minimum atomic E-state index is -2.21. The lowest BCUT2D eigenvalue weighted by atomic mass is 9.93. The number of thioether (sulfide) groups is 1. The van der Waals surface area contributed by atoms with E-state index in [1.165, 1.54) is 11.8 Å². The van der Waals surface area contributed by atoms with Crippen molar-refractivity contribution in [1.82, 2.24) is 4.90 Å². The molecule has 1 aliphatic rings. The van der Waals surface area contributed by atoms with Gasteiger partial charge in [0.1, 0.15) is 5.60 Å². The summed E-state index contributed by atoms with van der Waals surface area (Å²) >= 11 is 1.46. The standard InChI is InChI=1S/C18H27NO5S/c1-9-18(14(21)23-10-2,15(22)24-16(3,4)5)19-12(20)11-13(19)25-17(6,7)8/h1,13H,10-11H2,2-8H3. The summed E-state index contributed by atoms with van der Waals surface area (Å²) < 4.78 is 10.2. The summed E-state index contributed by atoms with van der Waals surface area (Å²) in [6, 6.07) is 0. The Labute approximate surface area is 154 Å². The van der Waals surface area contributed by atoms with Crippen LogP contribution in [0.4, 0.5) is 0 Å². The number of rotatable bonds is 5. The molecule has 0 bridgehead atoms. The zero-order valence-corrected chi connectivity index (χ0v) is 16.8. The molecule has 0 aliphatic carbocycles. The molecule has 140 valence electrons. The van der Waals surface area contributed by atoms with Gasteiger partial charge in [0, 0.05) is 4.75 Å². The van der Waals surface area contributed by atoms with Crippen molar-refractivity contribution in [2.24, 2.45) is 0 Å². The first-order valence-corrected chi connectivity index (χ1v) is 9.05. The Morgan fingerprint density at radius 3 is 2.16 bits per heavy atom. The van der Waals surface area contributed by atoms with E-state index >= 15 is 0 Å². The highest BCUT2D eigenvalue weighted by Crippen LogP contribution is 2.42. The van der Waals surface area contributed by atoms with Crippen LogP contribution < -0.4 is 0 Å². The Balaban J connectivity index is 3.35. The van der Waals surface area contributed by atoms with Crippen LogP contribution in [0.15, 0.2) is 0 Å². The van der Waals surface area contributed by atoms with Crippen LogP contribution in [-0.4, -0.2) is 50.6 Å². The largest absolute Gasteiger partial charge is 0.463 e. The third-order valence-corrected chi connectivity index (χ3v) is 4.59. The first-order chi connectivity index (χ1) is 11.3. The summed E-state index contributed by atoms with van der Waals surface area (Å²) in [5, 5.41) is -0.402. The lowest BCUT2D eigenvalue weighted by molar-refractivity contribution is -0.185. The van der Waals surface area contributed by atoms with E-state index in [9.17, 15) is 14.4 Å². The highest BCUT2D eigenvalue weighted by Gasteiger charge is 2.62. The number of carbonyl (C=O) groups is 3. The molecule has 0 aromatic heterocycles. The average molecular weight is 369 g/mol. The molecule has 7 heteroatoms. The minimum absolute atomic E-state index is 0.0319. The number of terminal acetylenes is 1. The Morgan fingerprint density at radius 2 is 1.80 bits per heavy atom. The number of esters is 2. The molecule has 1 amide bonds. The molecule has 0 aromatic rings. The maximum atomic E-state index is 12.9. The van der Waals surface area contributed by atoms with Crippen molar-refractivity contribution in [2.45, 2.75) is 76.1 Å². The molecule has 0 radical (unpaired) electrons. The maximum Gasteiger partial charge on any atom is 0.357 e. The number of hydrogen-bond donors (Lipinski definition) is 0. The van der Waals surface area contributed by atoms with E-state index in [4.69, 9.17) is 15.9 Å². The Hall–Kier alpha value is -1.68. The maximum absolute atomic E-state index is 12.9. The summed E-state index contributed by atoms with van der Waals surface area (Å²) in [5.41, 5.74) is -3.08. The monoisotopic (exact) mass is 369 g/mol. The zero-order valence-electron chi connectivity index (χ0n) is 16.0. The predicted molar refractivity (Wildman–Crippen MR) is 96.6 cm³/mol. The molecule has 0 saturated carbocycles.